The minimum absolute atomic E-state index is 0.112. The molecule has 1 aromatic carbocycles. The fraction of sp³-hybridized carbons (Fsp3) is 0.400. The van der Waals surface area contributed by atoms with Crippen molar-refractivity contribution in [3.63, 3.8) is 0 Å². The zero-order chi connectivity index (χ0) is 11.6. The van der Waals surface area contributed by atoms with E-state index in [0.717, 1.165) is 5.56 Å². The van der Waals surface area contributed by atoms with Crippen molar-refractivity contribution in [3.8, 4) is 0 Å². The number of rotatable bonds is 3. The molecule has 1 atom stereocenters. The van der Waals surface area contributed by atoms with Gasteiger partial charge in [0.25, 0.3) is 0 Å². The molecule has 0 radical (unpaired) electrons. The van der Waals surface area contributed by atoms with Crippen LogP contribution in [0.2, 0.25) is 0 Å². The molecule has 15 heavy (non-hydrogen) atoms. The number of nitrogens with zero attached hydrogens (tertiary/aromatic N) is 1. The summed E-state index contributed by atoms with van der Waals surface area (Å²) in [6.45, 7) is 1.94. The van der Waals surface area contributed by atoms with Gasteiger partial charge in [0.05, 0.1) is 4.90 Å². The molecule has 0 amide bonds. The number of hydrogen-bond donors (Lipinski definition) is 1. The Kier molecular flexibility index (Phi) is 3.81. The standard InChI is InChI=1S/C10H15NO2S2/c1-8(14)9-4-6-10(7-5-9)15(12,13)11(2)3/h4-8,14H,1-3H3. The SMILES string of the molecule is CC(S)c1ccc(S(=O)(=O)N(C)C)cc1. The molecule has 0 bridgehead atoms. The quantitative estimate of drug-likeness (QED) is 0.826. The summed E-state index contributed by atoms with van der Waals surface area (Å²) in [7, 11) is -0.274. The molecule has 1 unspecified atom stereocenters. The average molecular weight is 245 g/mol. The Morgan fingerprint density at radius 2 is 1.67 bits per heavy atom. The van der Waals surface area contributed by atoms with Crippen LogP contribution in [0.1, 0.15) is 17.7 Å². The maximum absolute atomic E-state index is 11.7. The third-order valence-corrected chi connectivity index (χ3v) is 4.27. The first kappa shape index (κ1) is 12.5. The first-order chi connectivity index (χ1) is 6.85. The third kappa shape index (κ3) is 2.74. The maximum Gasteiger partial charge on any atom is 0.242 e. The zero-order valence-corrected chi connectivity index (χ0v) is 10.7. The van der Waals surface area contributed by atoms with Gasteiger partial charge in [-0.1, -0.05) is 12.1 Å². The van der Waals surface area contributed by atoms with E-state index in [0.29, 0.717) is 4.90 Å². The van der Waals surface area contributed by atoms with Gasteiger partial charge in [-0.15, -0.1) is 0 Å². The Labute approximate surface area is 96.6 Å². The number of sulfonamides is 1. The largest absolute Gasteiger partial charge is 0.242 e. The molecule has 3 nitrogen and oxygen atoms in total. The van der Waals surface area contributed by atoms with Gasteiger partial charge in [-0.25, -0.2) is 12.7 Å². The summed E-state index contributed by atoms with van der Waals surface area (Å²) in [4.78, 5) is 0.310. The van der Waals surface area contributed by atoms with Crippen molar-refractivity contribution in [2.24, 2.45) is 0 Å². The van der Waals surface area contributed by atoms with Crippen molar-refractivity contribution in [2.75, 3.05) is 14.1 Å². The van der Waals surface area contributed by atoms with E-state index in [4.69, 9.17) is 0 Å². The maximum atomic E-state index is 11.7. The summed E-state index contributed by atoms with van der Waals surface area (Å²) in [6, 6.07) is 6.79. The first-order valence-corrected chi connectivity index (χ1v) is 6.52. The Morgan fingerprint density at radius 3 is 2.00 bits per heavy atom. The Bertz CT molecular complexity index is 421. The van der Waals surface area contributed by atoms with E-state index in [2.05, 4.69) is 12.6 Å². The minimum atomic E-state index is -3.31. The van der Waals surface area contributed by atoms with E-state index < -0.39 is 10.0 Å². The lowest BCUT2D eigenvalue weighted by Gasteiger charge is -2.12. The van der Waals surface area contributed by atoms with Gasteiger partial charge in [-0.3, -0.25) is 0 Å². The van der Waals surface area contributed by atoms with E-state index in [1.54, 1.807) is 24.3 Å². The summed E-state index contributed by atoms with van der Waals surface area (Å²) < 4.78 is 24.6. The van der Waals surface area contributed by atoms with Crippen molar-refractivity contribution in [1.29, 1.82) is 0 Å². The molecule has 0 N–H and O–H groups in total. The molecule has 0 aliphatic rings. The second kappa shape index (κ2) is 4.55. The van der Waals surface area contributed by atoms with Crippen molar-refractivity contribution in [1.82, 2.24) is 4.31 Å². The fourth-order valence-corrected chi connectivity index (χ4v) is 2.20. The molecule has 0 fully saturated rings. The van der Waals surface area contributed by atoms with Crippen LogP contribution in [0.25, 0.3) is 0 Å². The smallest absolute Gasteiger partial charge is 0.207 e. The molecule has 1 aromatic rings. The van der Waals surface area contributed by atoms with Crippen LogP contribution < -0.4 is 0 Å². The van der Waals surface area contributed by atoms with Gasteiger partial charge >= 0.3 is 0 Å². The summed E-state index contributed by atoms with van der Waals surface area (Å²) in [6.07, 6.45) is 0. The van der Waals surface area contributed by atoms with Gasteiger partial charge in [0, 0.05) is 19.3 Å². The van der Waals surface area contributed by atoms with Crippen molar-refractivity contribution < 1.29 is 8.42 Å². The normalized spacial score (nSPS) is 14.2. The van der Waals surface area contributed by atoms with Crippen LogP contribution in [0.15, 0.2) is 29.2 Å². The molecule has 84 valence electrons. The molecule has 0 heterocycles. The van der Waals surface area contributed by atoms with Crippen molar-refractivity contribution in [2.45, 2.75) is 17.1 Å². The highest BCUT2D eigenvalue weighted by molar-refractivity contribution is 7.89. The molecule has 0 saturated heterocycles. The number of hydrogen-bond acceptors (Lipinski definition) is 3. The lowest BCUT2D eigenvalue weighted by atomic mass is 10.2. The molecule has 5 heteroatoms. The zero-order valence-electron chi connectivity index (χ0n) is 9.01. The van der Waals surface area contributed by atoms with Crippen molar-refractivity contribution in [3.05, 3.63) is 29.8 Å². The van der Waals surface area contributed by atoms with E-state index in [1.807, 2.05) is 6.92 Å². The lowest BCUT2D eigenvalue weighted by molar-refractivity contribution is 0.520. The number of benzene rings is 1. The van der Waals surface area contributed by atoms with E-state index in [-0.39, 0.29) is 5.25 Å². The van der Waals surface area contributed by atoms with Crippen LogP contribution >= 0.6 is 12.6 Å². The average Bonchev–Trinajstić information content (AvgIpc) is 2.17. The molecular weight excluding hydrogens is 230 g/mol. The van der Waals surface area contributed by atoms with E-state index in [1.165, 1.54) is 18.4 Å². The molecule has 0 saturated carbocycles. The Hall–Kier alpha value is -0.520. The van der Waals surface area contributed by atoms with Crippen molar-refractivity contribution >= 4 is 22.7 Å². The summed E-state index contributed by atoms with van der Waals surface area (Å²) >= 11 is 4.28. The topological polar surface area (TPSA) is 37.4 Å². The van der Waals surface area contributed by atoms with Gasteiger partial charge in [-0.05, 0) is 24.6 Å². The second-order valence-electron chi connectivity index (χ2n) is 3.53. The van der Waals surface area contributed by atoms with Gasteiger partial charge in [0.2, 0.25) is 10.0 Å². The monoisotopic (exact) mass is 245 g/mol. The summed E-state index contributed by atoms with van der Waals surface area (Å²) in [5.41, 5.74) is 1.01. The van der Waals surface area contributed by atoms with Gasteiger partial charge in [-0.2, -0.15) is 12.6 Å². The Balaban J connectivity index is 3.10. The van der Waals surface area contributed by atoms with Crippen LogP contribution in [0.5, 0.6) is 0 Å². The van der Waals surface area contributed by atoms with Gasteiger partial charge in [0.15, 0.2) is 0 Å². The highest BCUT2D eigenvalue weighted by Gasteiger charge is 2.16. The highest BCUT2D eigenvalue weighted by atomic mass is 32.2. The van der Waals surface area contributed by atoms with E-state index >= 15 is 0 Å². The van der Waals surface area contributed by atoms with E-state index in [9.17, 15) is 8.42 Å². The van der Waals surface area contributed by atoms with Gasteiger partial charge < -0.3 is 0 Å². The minimum Gasteiger partial charge on any atom is -0.207 e. The second-order valence-corrected chi connectivity index (χ2v) is 6.46. The molecular formula is C10H15NO2S2. The third-order valence-electron chi connectivity index (χ3n) is 2.14. The van der Waals surface area contributed by atoms with Crippen LogP contribution in [-0.4, -0.2) is 26.8 Å². The van der Waals surface area contributed by atoms with Crippen LogP contribution in [0, 0.1) is 0 Å². The van der Waals surface area contributed by atoms with Gasteiger partial charge in [0.1, 0.15) is 0 Å². The predicted molar refractivity (Wildman–Crippen MR) is 64.7 cm³/mol. The Morgan fingerprint density at radius 1 is 1.20 bits per heavy atom. The summed E-state index contributed by atoms with van der Waals surface area (Å²) in [5.74, 6) is 0. The first-order valence-electron chi connectivity index (χ1n) is 4.56. The van der Waals surface area contributed by atoms with Crippen LogP contribution in [0.3, 0.4) is 0 Å². The molecule has 1 rings (SSSR count). The molecule has 0 aromatic heterocycles. The van der Waals surface area contributed by atoms with Crippen LogP contribution in [-0.2, 0) is 10.0 Å². The van der Waals surface area contributed by atoms with Crippen LogP contribution in [0.4, 0.5) is 0 Å². The predicted octanol–water partition coefficient (Wildman–Crippen LogP) is 1.93. The number of thiol groups is 1. The molecule has 0 aliphatic carbocycles. The summed E-state index contributed by atoms with van der Waals surface area (Å²) in [5, 5.41) is 0.112. The molecule has 0 spiro atoms. The lowest BCUT2D eigenvalue weighted by Crippen LogP contribution is -2.22. The highest BCUT2D eigenvalue weighted by Crippen LogP contribution is 2.21. The molecule has 0 aliphatic heterocycles. The fourth-order valence-electron chi connectivity index (χ4n) is 1.13.